The first-order valence-corrected chi connectivity index (χ1v) is 6.14. The van der Waals surface area contributed by atoms with Gasteiger partial charge in [-0.05, 0) is 43.8 Å². The molecule has 0 aliphatic carbocycles. The van der Waals surface area contributed by atoms with Crippen LogP contribution in [0, 0.1) is 0 Å². The van der Waals surface area contributed by atoms with Gasteiger partial charge in [-0.15, -0.1) is 11.8 Å². The molecule has 1 fully saturated rings. The van der Waals surface area contributed by atoms with Crippen LogP contribution < -0.4 is 5.32 Å². The van der Waals surface area contributed by atoms with E-state index in [1.807, 2.05) is 6.07 Å². The summed E-state index contributed by atoms with van der Waals surface area (Å²) >= 11 is 1.71. The summed E-state index contributed by atoms with van der Waals surface area (Å²) in [6.45, 7) is 1.06. The quantitative estimate of drug-likeness (QED) is 0.734. The molecule has 1 aromatic rings. The Morgan fingerprint density at radius 1 is 1.50 bits per heavy atom. The number of phenolic OH excluding ortho intramolecular Hbond substituents is 1. The van der Waals surface area contributed by atoms with Gasteiger partial charge in [0.2, 0.25) is 0 Å². The second-order valence-electron chi connectivity index (χ2n) is 3.57. The first kappa shape index (κ1) is 9.87. The molecule has 1 atom stereocenters. The van der Waals surface area contributed by atoms with E-state index in [1.54, 1.807) is 17.8 Å². The Balaban J connectivity index is 2.29. The normalized spacial score (nSPS) is 21.4. The summed E-state index contributed by atoms with van der Waals surface area (Å²) in [7, 11) is 0. The Labute approximate surface area is 88.7 Å². The second kappa shape index (κ2) is 4.24. The Hall–Kier alpha value is -0.670. The van der Waals surface area contributed by atoms with E-state index in [1.165, 1.54) is 11.3 Å². The summed E-state index contributed by atoms with van der Waals surface area (Å²) < 4.78 is 0. The van der Waals surface area contributed by atoms with E-state index in [0.29, 0.717) is 11.8 Å². The van der Waals surface area contributed by atoms with Crippen molar-refractivity contribution in [3.05, 3.63) is 23.8 Å². The van der Waals surface area contributed by atoms with Gasteiger partial charge in [-0.1, -0.05) is 0 Å². The third kappa shape index (κ3) is 1.88. The summed E-state index contributed by atoms with van der Waals surface area (Å²) in [4.78, 5) is 1.21. The fraction of sp³-hybridized carbons (Fsp3) is 0.455. The van der Waals surface area contributed by atoms with E-state index in [-0.39, 0.29) is 0 Å². The van der Waals surface area contributed by atoms with Gasteiger partial charge in [-0.2, -0.15) is 0 Å². The van der Waals surface area contributed by atoms with Crippen LogP contribution >= 0.6 is 11.8 Å². The lowest BCUT2D eigenvalue weighted by atomic mass is 10.0. The van der Waals surface area contributed by atoms with E-state index in [0.717, 1.165) is 18.5 Å². The van der Waals surface area contributed by atoms with Crippen molar-refractivity contribution < 1.29 is 5.11 Å². The Kier molecular flexibility index (Phi) is 2.99. The molecule has 0 saturated carbocycles. The standard InChI is InChI=1S/C11H15NOS/c1-14-8-4-5-11(13)9(7-8)10-3-2-6-12-10/h4-5,7,10,12-13H,2-3,6H2,1H3/t10-/m1/s1. The van der Waals surface area contributed by atoms with Crippen LogP contribution in [0.25, 0.3) is 0 Å². The molecule has 1 heterocycles. The predicted molar refractivity (Wildman–Crippen MR) is 59.9 cm³/mol. The molecule has 0 amide bonds. The topological polar surface area (TPSA) is 32.3 Å². The van der Waals surface area contributed by atoms with Crippen LogP contribution in [0.2, 0.25) is 0 Å². The number of benzene rings is 1. The summed E-state index contributed by atoms with van der Waals surface area (Å²) in [5.74, 6) is 0.419. The molecule has 1 aliphatic heterocycles. The minimum absolute atomic E-state index is 0.349. The largest absolute Gasteiger partial charge is 0.508 e. The summed E-state index contributed by atoms with van der Waals surface area (Å²) in [6, 6.07) is 6.19. The molecule has 1 saturated heterocycles. The molecule has 1 aliphatic rings. The molecular weight excluding hydrogens is 194 g/mol. The maximum atomic E-state index is 9.74. The van der Waals surface area contributed by atoms with Gasteiger partial charge in [0.15, 0.2) is 0 Å². The van der Waals surface area contributed by atoms with Crippen LogP contribution in [-0.2, 0) is 0 Å². The van der Waals surface area contributed by atoms with Crippen molar-refractivity contribution in [2.75, 3.05) is 12.8 Å². The van der Waals surface area contributed by atoms with Gasteiger partial charge in [-0.25, -0.2) is 0 Å². The van der Waals surface area contributed by atoms with Crippen LogP contribution in [-0.4, -0.2) is 17.9 Å². The molecule has 0 unspecified atom stereocenters. The molecule has 76 valence electrons. The van der Waals surface area contributed by atoms with Gasteiger partial charge < -0.3 is 10.4 Å². The van der Waals surface area contributed by atoms with E-state index >= 15 is 0 Å². The third-order valence-electron chi connectivity index (χ3n) is 2.67. The third-order valence-corrected chi connectivity index (χ3v) is 3.40. The molecule has 0 spiro atoms. The highest BCUT2D eigenvalue weighted by Gasteiger charge is 2.19. The fourth-order valence-electron chi connectivity index (χ4n) is 1.89. The molecule has 3 heteroatoms. The van der Waals surface area contributed by atoms with Gasteiger partial charge in [0.1, 0.15) is 5.75 Å². The van der Waals surface area contributed by atoms with Crippen LogP contribution in [0.15, 0.2) is 23.1 Å². The van der Waals surface area contributed by atoms with Crippen LogP contribution in [0.3, 0.4) is 0 Å². The predicted octanol–water partition coefficient (Wildman–Crippen LogP) is 2.54. The maximum Gasteiger partial charge on any atom is 0.120 e. The first-order chi connectivity index (χ1) is 6.81. The minimum atomic E-state index is 0.349. The smallest absolute Gasteiger partial charge is 0.120 e. The maximum absolute atomic E-state index is 9.74. The SMILES string of the molecule is CSc1ccc(O)c([C@H]2CCCN2)c1. The number of phenols is 1. The Morgan fingerprint density at radius 3 is 3.00 bits per heavy atom. The number of hydrogen-bond acceptors (Lipinski definition) is 3. The Morgan fingerprint density at radius 2 is 2.36 bits per heavy atom. The monoisotopic (exact) mass is 209 g/mol. The highest BCUT2D eigenvalue weighted by Crippen LogP contribution is 2.32. The lowest BCUT2D eigenvalue weighted by Gasteiger charge is -2.13. The zero-order valence-electron chi connectivity index (χ0n) is 8.29. The van der Waals surface area contributed by atoms with E-state index in [2.05, 4.69) is 17.6 Å². The highest BCUT2D eigenvalue weighted by atomic mass is 32.2. The van der Waals surface area contributed by atoms with Gasteiger partial charge in [-0.3, -0.25) is 0 Å². The van der Waals surface area contributed by atoms with Crippen molar-refractivity contribution in [3.63, 3.8) is 0 Å². The van der Waals surface area contributed by atoms with Gasteiger partial charge in [0, 0.05) is 16.5 Å². The molecule has 0 bridgehead atoms. The molecule has 2 N–H and O–H groups in total. The molecule has 14 heavy (non-hydrogen) atoms. The summed E-state index contributed by atoms with van der Waals surface area (Å²) in [5.41, 5.74) is 1.05. The van der Waals surface area contributed by atoms with E-state index in [4.69, 9.17) is 0 Å². The molecule has 1 aromatic carbocycles. The van der Waals surface area contributed by atoms with Crippen molar-refractivity contribution in [2.45, 2.75) is 23.8 Å². The Bertz CT molecular complexity index is 321. The van der Waals surface area contributed by atoms with Crippen LogP contribution in [0.4, 0.5) is 0 Å². The number of thioether (sulfide) groups is 1. The van der Waals surface area contributed by atoms with Crippen LogP contribution in [0.1, 0.15) is 24.4 Å². The lowest BCUT2D eigenvalue weighted by Crippen LogP contribution is -2.12. The zero-order chi connectivity index (χ0) is 9.97. The second-order valence-corrected chi connectivity index (χ2v) is 4.45. The summed E-state index contributed by atoms with van der Waals surface area (Å²) in [5, 5.41) is 13.1. The van der Waals surface area contributed by atoms with Crippen molar-refractivity contribution in [3.8, 4) is 5.75 Å². The molecular formula is C11H15NOS. The van der Waals surface area contributed by atoms with Gasteiger partial charge in [0.25, 0.3) is 0 Å². The molecule has 0 aromatic heterocycles. The van der Waals surface area contributed by atoms with Crippen LogP contribution in [0.5, 0.6) is 5.75 Å². The minimum Gasteiger partial charge on any atom is -0.508 e. The molecule has 2 nitrogen and oxygen atoms in total. The average molecular weight is 209 g/mol. The average Bonchev–Trinajstić information content (AvgIpc) is 2.71. The molecule has 2 rings (SSSR count). The van der Waals surface area contributed by atoms with Gasteiger partial charge >= 0.3 is 0 Å². The van der Waals surface area contributed by atoms with Gasteiger partial charge in [0.05, 0.1) is 0 Å². The zero-order valence-corrected chi connectivity index (χ0v) is 9.10. The number of nitrogens with one attached hydrogen (secondary N) is 1. The number of hydrogen-bond donors (Lipinski definition) is 2. The van der Waals surface area contributed by atoms with Crippen molar-refractivity contribution in [2.24, 2.45) is 0 Å². The lowest BCUT2D eigenvalue weighted by molar-refractivity contribution is 0.456. The van der Waals surface area contributed by atoms with Crippen molar-refractivity contribution in [1.29, 1.82) is 0 Å². The van der Waals surface area contributed by atoms with E-state index < -0.39 is 0 Å². The van der Waals surface area contributed by atoms with Crippen molar-refractivity contribution in [1.82, 2.24) is 5.32 Å². The molecule has 0 radical (unpaired) electrons. The summed E-state index contributed by atoms with van der Waals surface area (Å²) in [6.07, 6.45) is 4.39. The number of aromatic hydroxyl groups is 1. The van der Waals surface area contributed by atoms with Crippen molar-refractivity contribution >= 4 is 11.8 Å². The highest BCUT2D eigenvalue weighted by molar-refractivity contribution is 7.98. The number of rotatable bonds is 2. The first-order valence-electron chi connectivity index (χ1n) is 4.91. The fourth-order valence-corrected chi connectivity index (χ4v) is 2.34. The van der Waals surface area contributed by atoms with E-state index in [9.17, 15) is 5.11 Å².